The lowest BCUT2D eigenvalue weighted by molar-refractivity contribution is -0.129. The predicted molar refractivity (Wildman–Crippen MR) is 57.2 cm³/mol. The normalized spacial score (nSPS) is 33.5. The van der Waals surface area contributed by atoms with Crippen molar-refractivity contribution in [1.82, 2.24) is 0 Å². The highest BCUT2D eigenvalue weighted by Crippen LogP contribution is 2.48. The number of fused-ring (bicyclic) bond motifs is 2. The number of carbonyl (C=O) groups excluding carboxylic acids is 1. The van der Waals surface area contributed by atoms with E-state index in [4.69, 9.17) is 5.11 Å². The predicted octanol–water partition coefficient (Wildman–Crippen LogP) is 2.61. The Morgan fingerprint density at radius 2 is 2.19 bits per heavy atom. The first kappa shape index (κ1) is 11.4. The van der Waals surface area contributed by atoms with Gasteiger partial charge >= 0.3 is 6.16 Å². The van der Waals surface area contributed by atoms with E-state index in [-0.39, 0.29) is 17.9 Å². The number of rotatable bonds is 3. The molecule has 2 bridgehead atoms. The summed E-state index contributed by atoms with van der Waals surface area (Å²) in [5, 5.41) is 8.42. The Balaban J connectivity index is 1.98. The minimum absolute atomic E-state index is 0.161. The van der Waals surface area contributed by atoms with Gasteiger partial charge in [0.1, 0.15) is 5.78 Å². The molecule has 1 N–H and O–H groups in total. The van der Waals surface area contributed by atoms with Gasteiger partial charge in [0.2, 0.25) is 0 Å². The first-order valence-electron chi connectivity index (χ1n) is 6.04. The largest absolute Gasteiger partial charge is 0.505 e. The molecule has 2 aliphatic rings. The van der Waals surface area contributed by atoms with Crippen molar-refractivity contribution in [2.45, 2.75) is 44.9 Å². The number of ether oxygens (including phenoxy) is 1. The van der Waals surface area contributed by atoms with E-state index >= 15 is 0 Å². The van der Waals surface area contributed by atoms with E-state index in [0.717, 1.165) is 38.5 Å². The molecule has 0 aromatic carbocycles. The highest BCUT2D eigenvalue weighted by Gasteiger charge is 2.47. The molecule has 16 heavy (non-hydrogen) atoms. The smallest absolute Gasteiger partial charge is 0.450 e. The van der Waals surface area contributed by atoms with Crippen molar-refractivity contribution in [2.24, 2.45) is 11.3 Å². The van der Waals surface area contributed by atoms with Gasteiger partial charge in [-0.1, -0.05) is 12.8 Å². The molecule has 0 heterocycles. The maximum Gasteiger partial charge on any atom is 0.505 e. The maximum atomic E-state index is 12.2. The summed E-state index contributed by atoms with van der Waals surface area (Å²) < 4.78 is 4.54. The van der Waals surface area contributed by atoms with Crippen LogP contribution in [0, 0.1) is 11.3 Å². The van der Waals surface area contributed by atoms with Gasteiger partial charge in [0.25, 0.3) is 0 Å². The van der Waals surface area contributed by atoms with Gasteiger partial charge in [-0.2, -0.15) is 0 Å². The molecule has 90 valence electrons. The molecule has 2 atom stereocenters. The van der Waals surface area contributed by atoms with Crippen LogP contribution in [0.5, 0.6) is 0 Å². The summed E-state index contributed by atoms with van der Waals surface area (Å²) in [7, 11) is 0. The molecule has 2 rings (SSSR count). The molecule has 0 amide bonds. The molecular weight excluding hydrogens is 208 g/mol. The lowest BCUT2D eigenvalue weighted by Crippen LogP contribution is -2.29. The van der Waals surface area contributed by atoms with E-state index in [1.165, 1.54) is 0 Å². The fraction of sp³-hybridized carbons (Fsp3) is 0.833. The van der Waals surface area contributed by atoms with Crippen molar-refractivity contribution in [3.8, 4) is 0 Å². The van der Waals surface area contributed by atoms with Gasteiger partial charge in [0.05, 0.1) is 6.61 Å². The Bertz CT molecular complexity index is 299. The molecule has 2 fully saturated rings. The Morgan fingerprint density at radius 3 is 2.94 bits per heavy atom. The molecule has 0 saturated heterocycles. The van der Waals surface area contributed by atoms with E-state index in [1.807, 2.05) is 0 Å². The third-order valence-electron chi connectivity index (χ3n) is 4.13. The summed E-state index contributed by atoms with van der Waals surface area (Å²) >= 11 is 0. The molecule has 0 aromatic heterocycles. The summed E-state index contributed by atoms with van der Waals surface area (Å²) in [6.07, 6.45) is 5.44. The summed E-state index contributed by atoms with van der Waals surface area (Å²) in [5.41, 5.74) is -0.253. The van der Waals surface area contributed by atoms with Crippen molar-refractivity contribution in [3.05, 3.63) is 0 Å². The quantitative estimate of drug-likeness (QED) is 0.751. The van der Waals surface area contributed by atoms with E-state index < -0.39 is 6.16 Å². The van der Waals surface area contributed by atoms with Crippen LogP contribution in [-0.4, -0.2) is 23.7 Å². The third kappa shape index (κ3) is 2.06. The van der Waals surface area contributed by atoms with Gasteiger partial charge in [0, 0.05) is 11.3 Å². The second-order valence-electron chi connectivity index (χ2n) is 4.99. The Morgan fingerprint density at radius 1 is 1.38 bits per heavy atom. The number of carboxylic acid groups (broad SMARTS) is 1. The first-order valence-corrected chi connectivity index (χ1v) is 6.04. The zero-order chi connectivity index (χ0) is 11.6. The van der Waals surface area contributed by atoms with Crippen LogP contribution in [0.15, 0.2) is 0 Å². The maximum absolute atomic E-state index is 12.2. The standard InChI is InChI=1S/C12H18O4/c13-10-9-3-1-2-5-12(10,6-4-9)7-8-16-11(14)15/h9H,1-8H2,(H,14,15). The molecule has 4 heteroatoms. The molecule has 0 spiro atoms. The van der Waals surface area contributed by atoms with Gasteiger partial charge < -0.3 is 9.84 Å². The minimum Gasteiger partial charge on any atom is -0.450 e. The molecule has 2 aliphatic carbocycles. The molecule has 4 nitrogen and oxygen atoms in total. The average molecular weight is 226 g/mol. The molecule has 2 saturated carbocycles. The first-order chi connectivity index (χ1) is 7.64. The number of hydrogen-bond donors (Lipinski definition) is 1. The molecule has 2 unspecified atom stereocenters. The summed E-state index contributed by atoms with van der Waals surface area (Å²) in [6.45, 7) is 0.161. The van der Waals surface area contributed by atoms with Crippen molar-refractivity contribution >= 4 is 11.9 Å². The lowest BCUT2D eigenvalue weighted by atomic mass is 9.78. The van der Waals surface area contributed by atoms with E-state index in [9.17, 15) is 9.59 Å². The average Bonchev–Trinajstić information content (AvgIpc) is 2.40. The highest BCUT2D eigenvalue weighted by atomic mass is 16.7. The van der Waals surface area contributed by atoms with Crippen molar-refractivity contribution in [3.63, 3.8) is 0 Å². The summed E-state index contributed by atoms with van der Waals surface area (Å²) in [5.74, 6) is 0.617. The second-order valence-corrected chi connectivity index (χ2v) is 4.99. The van der Waals surface area contributed by atoms with E-state index in [1.54, 1.807) is 0 Å². The van der Waals surface area contributed by atoms with Crippen LogP contribution < -0.4 is 0 Å². The highest BCUT2D eigenvalue weighted by molar-refractivity contribution is 5.89. The fourth-order valence-electron chi connectivity index (χ4n) is 3.22. The van der Waals surface area contributed by atoms with Crippen LogP contribution >= 0.6 is 0 Å². The molecular formula is C12H18O4. The molecule has 0 aliphatic heterocycles. The lowest BCUT2D eigenvalue weighted by Gasteiger charge is -2.26. The van der Waals surface area contributed by atoms with Crippen molar-refractivity contribution in [2.75, 3.05) is 6.61 Å². The topological polar surface area (TPSA) is 63.6 Å². The SMILES string of the molecule is O=C(O)OCCC12CCCCC(CC1)C2=O. The van der Waals surface area contributed by atoms with Crippen LogP contribution in [0.4, 0.5) is 4.79 Å². The number of carbonyl (C=O) groups is 2. The second kappa shape index (κ2) is 4.44. The number of ketones is 1. The fourth-order valence-corrected chi connectivity index (χ4v) is 3.22. The Kier molecular flexibility index (Phi) is 3.17. The zero-order valence-electron chi connectivity index (χ0n) is 9.41. The van der Waals surface area contributed by atoms with Gasteiger partial charge in [-0.15, -0.1) is 0 Å². The van der Waals surface area contributed by atoms with E-state index in [0.29, 0.717) is 12.2 Å². The van der Waals surface area contributed by atoms with E-state index in [2.05, 4.69) is 4.74 Å². The summed E-state index contributed by atoms with van der Waals surface area (Å²) in [4.78, 5) is 22.5. The van der Waals surface area contributed by atoms with Gasteiger partial charge in [-0.25, -0.2) is 4.79 Å². The minimum atomic E-state index is -1.24. The van der Waals surface area contributed by atoms with Crippen LogP contribution in [0.2, 0.25) is 0 Å². The Hall–Kier alpha value is -1.06. The number of hydrogen-bond acceptors (Lipinski definition) is 3. The third-order valence-corrected chi connectivity index (χ3v) is 4.13. The summed E-state index contributed by atoms with van der Waals surface area (Å²) in [6, 6.07) is 0. The molecule has 0 radical (unpaired) electrons. The van der Waals surface area contributed by atoms with Gasteiger partial charge in [0.15, 0.2) is 0 Å². The van der Waals surface area contributed by atoms with Gasteiger partial charge in [-0.3, -0.25) is 4.79 Å². The Labute approximate surface area is 95.0 Å². The molecule has 0 aromatic rings. The van der Waals surface area contributed by atoms with Crippen LogP contribution in [-0.2, 0) is 9.53 Å². The van der Waals surface area contributed by atoms with Crippen LogP contribution in [0.3, 0.4) is 0 Å². The van der Waals surface area contributed by atoms with Crippen molar-refractivity contribution in [1.29, 1.82) is 0 Å². The van der Waals surface area contributed by atoms with Crippen LogP contribution in [0.1, 0.15) is 44.9 Å². The zero-order valence-corrected chi connectivity index (χ0v) is 9.41. The van der Waals surface area contributed by atoms with Crippen molar-refractivity contribution < 1.29 is 19.4 Å². The number of Topliss-reactive ketones (excluding diaryl/α,β-unsaturated/α-hetero) is 1. The monoisotopic (exact) mass is 226 g/mol. The van der Waals surface area contributed by atoms with Crippen LogP contribution in [0.25, 0.3) is 0 Å². The van der Waals surface area contributed by atoms with Gasteiger partial charge in [-0.05, 0) is 32.1 Å².